The number of rotatable bonds is 3. The number of hydrogen-bond acceptors (Lipinski definition) is 4. The first-order chi connectivity index (χ1) is 10.0. The number of halogens is 2. The lowest BCUT2D eigenvalue weighted by atomic mass is 10.1. The second-order valence-electron chi connectivity index (χ2n) is 4.56. The van der Waals surface area contributed by atoms with E-state index in [0.29, 0.717) is 5.69 Å². The Balaban J connectivity index is 2.03. The van der Waals surface area contributed by atoms with Crippen molar-refractivity contribution in [1.29, 1.82) is 0 Å². The lowest BCUT2D eigenvalue weighted by Crippen LogP contribution is -2.29. The summed E-state index contributed by atoms with van der Waals surface area (Å²) in [6.07, 6.45) is 0.786. The van der Waals surface area contributed by atoms with E-state index in [1.54, 1.807) is 5.38 Å². The van der Waals surface area contributed by atoms with Gasteiger partial charge >= 0.3 is 0 Å². The van der Waals surface area contributed by atoms with E-state index in [0.717, 1.165) is 22.4 Å². The number of nitrogens with zero attached hydrogens (tertiary/aromatic N) is 2. The number of fused-ring (bicyclic) bond motifs is 1. The van der Waals surface area contributed by atoms with Crippen molar-refractivity contribution in [3.05, 3.63) is 44.6 Å². The molecule has 4 nitrogen and oxygen atoms in total. The first-order valence-electron chi connectivity index (χ1n) is 6.30. The van der Waals surface area contributed by atoms with E-state index in [-0.39, 0.29) is 22.8 Å². The van der Waals surface area contributed by atoms with Crippen LogP contribution in [0.3, 0.4) is 0 Å². The molecule has 0 radical (unpaired) electrons. The second kappa shape index (κ2) is 5.20. The van der Waals surface area contributed by atoms with Crippen LogP contribution in [0.5, 0.6) is 0 Å². The second-order valence-corrected chi connectivity index (χ2v) is 5.91. The Morgan fingerprint density at radius 1 is 1.38 bits per heavy atom. The van der Waals surface area contributed by atoms with Gasteiger partial charge in [-0.2, -0.15) is 0 Å². The van der Waals surface area contributed by atoms with Gasteiger partial charge in [-0.25, -0.2) is 9.37 Å². The van der Waals surface area contributed by atoms with Gasteiger partial charge in [-0.1, -0.05) is 18.5 Å². The Morgan fingerprint density at radius 3 is 2.81 bits per heavy atom. The quantitative estimate of drug-likeness (QED) is 0.814. The van der Waals surface area contributed by atoms with Gasteiger partial charge < -0.3 is 0 Å². The Kier molecular flexibility index (Phi) is 3.51. The molecule has 108 valence electrons. The Bertz CT molecular complexity index is 759. The molecule has 0 saturated carbocycles. The SMILES string of the molecule is CCc1nc(CN2C(=O)C(=O)c3c(Cl)ccc(F)c32)cs1. The maximum Gasteiger partial charge on any atom is 0.299 e. The largest absolute Gasteiger partial charge is 0.299 e. The Hall–Kier alpha value is -1.79. The summed E-state index contributed by atoms with van der Waals surface area (Å²) >= 11 is 7.39. The van der Waals surface area contributed by atoms with Crippen molar-refractivity contribution in [3.63, 3.8) is 0 Å². The monoisotopic (exact) mass is 324 g/mol. The number of carbonyl (C=O) groups excluding carboxylic acids is 2. The highest BCUT2D eigenvalue weighted by Gasteiger charge is 2.40. The summed E-state index contributed by atoms with van der Waals surface area (Å²) in [5, 5.41) is 2.81. The fourth-order valence-corrected chi connectivity index (χ4v) is 3.22. The number of thiazole rings is 1. The molecule has 21 heavy (non-hydrogen) atoms. The molecule has 1 aliphatic rings. The average Bonchev–Trinajstić information content (AvgIpc) is 3.02. The molecule has 1 amide bonds. The van der Waals surface area contributed by atoms with Crippen LogP contribution in [0.1, 0.15) is 28.0 Å². The lowest BCUT2D eigenvalue weighted by molar-refractivity contribution is -0.114. The van der Waals surface area contributed by atoms with Gasteiger partial charge in [-0.15, -0.1) is 11.3 Å². The number of hydrogen-bond donors (Lipinski definition) is 0. The molecule has 0 fully saturated rings. The minimum absolute atomic E-state index is 0.0523. The van der Waals surface area contributed by atoms with Crippen LogP contribution in [0.4, 0.5) is 10.1 Å². The van der Waals surface area contributed by atoms with Crippen LogP contribution in [0.2, 0.25) is 5.02 Å². The molecule has 0 saturated heterocycles. The van der Waals surface area contributed by atoms with Gasteiger partial charge in [0.15, 0.2) is 0 Å². The Morgan fingerprint density at radius 2 is 2.14 bits per heavy atom. The van der Waals surface area contributed by atoms with Crippen LogP contribution < -0.4 is 4.90 Å². The van der Waals surface area contributed by atoms with Crippen LogP contribution in [-0.2, 0) is 17.8 Å². The van der Waals surface area contributed by atoms with Crippen molar-refractivity contribution in [2.24, 2.45) is 0 Å². The van der Waals surface area contributed by atoms with Gasteiger partial charge in [-0.3, -0.25) is 14.5 Å². The third-order valence-corrected chi connectivity index (χ3v) is 4.59. The van der Waals surface area contributed by atoms with Crippen LogP contribution in [-0.4, -0.2) is 16.7 Å². The number of carbonyl (C=O) groups is 2. The summed E-state index contributed by atoms with van der Waals surface area (Å²) in [7, 11) is 0. The highest BCUT2D eigenvalue weighted by molar-refractivity contribution is 7.09. The molecule has 1 aromatic heterocycles. The molecule has 2 heterocycles. The van der Waals surface area contributed by atoms with Gasteiger partial charge in [-0.05, 0) is 18.6 Å². The van der Waals surface area contributed by atoms with E-state index in [9.17, 15) is 14.0 Å². The van der Waals surface area contributed by atoms with E-state index in [1.165, 1.54) is 17.4 Å². The molecule has 0 unspecified atom stereocenters. The van der Waals surface area contributed by atoms with Crippen molar-refractivity contribution in [2.45, 2.75) is 19.9 Å². The molecular formula is C14H10ClFN2O2S. The van der Waals surface area contributed by atoms with Crippen molar-refractivity contribution < 1.29 is 14.0 Å². The lowest BCUT2D eigenvalue weighted by Gasteiger charge is -2.15. The number of ketones is 1. The third-order valence-electron chi connectivity index (χ3n) is 3.24. The maximum absolute atomic E-state index is 14.0. The molecule has 1 aliphatic heterocycles. The standard InChI is InChI=1S/C14H10ClFN2O2S/c1-2-10-17-7(6-21-10)5-18-12-9(16)4-3-8(15)11(12)13(19)14(18)20/h3-4,6H,2,5H2,1H3. The molecule has 0 atom stereocenters. The number of Topliss-reactive ketones (excluding diaryl/α,β-unsaturated/α-hetero) is 1. The fourth-order valence-electron chi connectivity index (χ4n) is 2.25. The summed E-state index contributed by atoms with van der Waals surface area (Å²) < 4.78 is 14.0. The van der Waals surface area contributed by atoms with Crippen LogP contribution in [0.15, 0.2) is 17.5 Å². The minimum Gasteiger partial charge on any atom is -0.296 e. The topological polar surface area (TPSA) is 50.3 Å². The van der Waals surface area contributed by atoms with E-state index >= 15 is 0 Å². The summed E-state index contributed by atoms with van der Waals surface area (Å²) in [6.45, 7) is 2.03. The maximum atomic E-state index is 14.0. The number of anilines is 1. The first-order valence-corrected chi connectivity index (χ1v) is 7.56. The normalized spacial score (nSPS) is 14.0. The Labute approximate surface area is 129 Å². The molecule has 0 aliphatic carbocycles. The van der Waals surface area contributed by atoms with Crippen molar-refractivity contribution >= 4 is 40.3 Å². The summed E-state index contributed by atoms with van der Waals surface area (Å²) in [4.78, 5) is 29.5. The van der Waals surface area contributed by atoms with Crippen molar-refractivity contribution in [1.82, 2.24) is 4.98 Å². The van der Waals surface area contributed by atoms with Gasteiger partial charge in [0.2, 0.25) is 0 Å². The highest BCUT2D eigenvalue weighted by Crippen LogP contribution is 2.37. The zero-order chi connectivity index (χ0) is 15.1. The molecular weight excluding hydrogens is 315 g/mol. The van der Waals surface area contributed by atoms with Gasteiger partial charge in [0.05, 0.1) is 33.5 Å². The van der Waals surface area contributed by atoms with Gasteiger partial charge in [0.25, 0.3) is 11.7 Å². The molecule has 0 N–H and O–H groups in total. The van der Waals surface area contributed by atoms with E-state index in [4.69, 9.17) is 11.6 Å². The summed E-state index contributed by atoms with van der Waals surface area (Å²) in [5.74, 6) is -2.19. The molecule has 1 aromatic carbocycles. The van der Waals surface area contributed by atoms with Crippen LogP contribution in [0.25, 0.3) is 0 Å². The van der Waals surface area contributed by atoms with Crippen LogP contribution >= 0.6 is 22.9 Å². The van der Waals surface area contributed by atoms with Gasteiger partial charge in [0, 0.05) is 5.38 Å². The van der Waals surface area contributed by atoms with E-state index in [1.807, 2.05) is 6.92 Å². The predicted octanol–water partition coefficient (Wildman–Crippen LogP) is 3.23. The van der Waals surface area contributed by atoms with Crippen molar-refractivity contribution in [2.75, 3.05) is 4.90 Å². The minimum atomic E-state index is -0.777. The number of aromatic nitrogens is 1. The molecule has 0 bridgehead atoms. The van der Waals surface area contributed by atoms with E-state index in [2.05, 4.69) is 4.98 Å². The number of benzene rings is 1. The van der Waals surface area contributed by atoms with E-state index < -0.39 is 17.5 Å². The molecule has 3 rings (SSSR count). The number of aryl methyl sites for hydroxylation is 1. The average molecular weight is 325 g/mol. The smallest absolute Gasteiger partial charge is 0.296 e. The number of amides is 1. The fraction of sp³-hybridized carbons (Fsp3) is 0.214. The zero-order valence-electron chi connectivity index (χ0n) is 11.0. The molecule has 0 spiro atoms. The molecule has 7 heteroatoms. The summed E-state index contributed by atoms with van der Waals surface area (Å²) in [5.41, 5.74) is 0.515. The first kappa shape index (κ1) is 14.2. The van der Waals surface area contributed by atoms with Crippen LogP contribution in [0, 0.1) is 5.82 Å². The molecule has 2 aromatic rings. The summed E-state index contributed by atoms with van der Waals surface area (Å²) in [6, 6.07) is 2.43. The van der Waals surface area contributed by atoms with Gasteiger partial charge in [0.1, 0.15) is 5.82 Å². The predicted molar refractivity (Wildman–Crippen MR) is 78.4 cm³/mol. The zero-order valence-corrected chi connectivity index (χ0v) is 12.6. The highest BCUT2D eigenvalue weighted by atomic mass is 35.5. The van der Waals surface area contributed by atoms with Crippen molar-refractivity contribution in [3.8, 4) is 0 Å². The third kappa shape index (κ3) is 2.24.